The van der Waals surface area contributed by atoms with Gasteiger partial charge in [-0.25, -0.2) is 23.3 Å². The summed E-state index contributed by atoms with van der Waals surface area (Å²) in [5.74, 6) is -6.94. The van der Waals surface area contributed by atoms with Crippen LogP contribution in [0, 0.1) is 17.8 Å². The van der Waals surface area contributed by atoms with Gasteiger partial charge in [-0.3, -0.25) is 14.3 Å². The van der Waals surface area contributed by atoms with E-state index in [1.165, 1.54) is 33.9 Å². The summed E-state index contributed by atoms with van der Waals surface area (Å²) in [7, 11) is 1.59. The van der Waals surface area contributed by atoms with Crippen molar-refractivity contribution in [3.63, 3.8) is 0 Å². The van der Waals surface area contributed by atoms with Crippen LogP contribution in [-0.4, -0.2) is 59.8 Å². The number of rotatable bonds is 6. The number of alkyl halides is 5. The maximum Gasteiger partial charge on any atom is 0.393 e. The minimum absolute atomic E-state index is 0.0651. The van der Waals surface area contributed by atoms with Gasteiger partial charge < -0.3 is 10.6 Å². The minimum atomic E-state index is -4.42. The number of aryl methyl sites for hydroxylation is 1. The van der Waals surface area contributed by atoms with E-state index in [-0.39, 0.29) is 48.5 Å². The third-order valence-electron chi connectivity index (χ3n) is 7.44. The summed E-state index contributed by atoms with van der Waals surface area (Å²) < 4.78 is 70.9. The van der Waals surface area contributed by atoms with Gasteiger partial charge in [0.15, 0.2) is 0 Å². The van der Waals surface area contributed by atoms with E-state index >= 15 is 0 Å². The van der Waals surface area contributed by atoms with Gasteiger partial charge in [0, 0.05) is 45.0 Å². The van der Waals surface area contributed by atoms with E-state index in [9.17, 15) is 31.5 Å². The summed E-state index contributed by atoms with van der Waals surface area (Å²) in [5.41, 5.74) is 0.791. The highest BCUT2D eigenvalue weighted by molar-refractivity contribution is 5.92. The molecule has 2 aliphatic rings. The summed E-state index contributed by atoms with van der Waals surface area (Å²) in [6, 6.07) is 0.633. The van der Waals surface area contributed by atoms with E-state index in [1.54, 1.807) is 7.05 Å². The molecule has 3 aromatic heterocycles. The molecule has 3 aromatic rings. The largest absolute Gasteiger partial charge is 0.393 e. The van der Waals surface area contributed by atoms with Gasteiger partial charge in [0.2, 0.25) is 11.8 Å². The zero-order valence-corrected chi connectivity index (χ0v) is 21.0. The average molecular weight is 555 g/mol. The fourth-order valence-electron chi connectivity index (χ4n) is 5.40. The van der Waals surface area contributed by atoms with Gasteiger partial charge in [0.25, 0.3) is 11.7 Å². The van der Waals surface area contributed by atoms with Gasteiger partial charge in [-0.05, 0) is 31.2 Å². The van der Waals surface area contributed by atoms with Crippen molar-refractivity contribution in [3.05, 3.63) is 41.7 Å². The molecule has 4 atom stereocenters. The number of aromatic nitrogens is 6. The Kier molecular flexibility index (Phi) is 7.01. The lowest BCUT2D eigenvalue weighted by molar-refractivity contribution is -0.183. The minimum Gasteiger partial charge on any atom is -0.355 e. The second-order valence-corrected chi connectivity index (χ2v) is 10.3. The van der Waals surface area contributed by atoms with Crippen LogP contribution in [-0.2, 0) is 18.3 Å². The van der Waals surface area contributed by atoms with Crippen molar-refractivity contribution >= 4 is 17.6 Å². The fraction of sp³-hybridized carbons (Fsp3) is 0.583. The monoisotopic (exact) mass is 554 g/mol. The lowest BCUT2D eigenvalue weighted by Crippen LogP contribution is -2.47. The molecule has 2 amide bonds. The molecule has 0 radical (unpaired) electrons. The number of halogens is 5. The van der Waals surface area contributed by atoms with Crippen LogP contribution in [0.1, 0.15) is 60.0 Å². The Balaban J connectivity index is 1.41. The van der Waals surface area contributed by atoms with Gasteiger partial charge in [0.1, 0.15) is 5.69 Å². The zero-order valence-electron chi connectivity index (χ0n) is 21.0. The molecule has 0 bridgehead atoms. The molecule has 1 saturated carbocycles. The molecule has 1 aliphatic heterocycles. The Bertz CT molecular complexity index is 1370. The van der Waals surface area contributed by atoms with Gasteiger partial charge in [-0.15, -0.1) is 0 Å². The lowest BCUT2D eigenvalue weighted by atomic mass is 9.80. The highest BCUT2D eigenvalue weighted by atomic mass is 19.4. The molecule has 10 nitrogen and oxygen atoms in total. The first-order valence-corrected chi connectivity index (χ1v) is 12.6. The highest BCUT2D eigenvalue weighted by Crippen LogP contribution is 2.42. The van der Waals surface area contributed by atoms with Crippen molar-refractivity contribution in [1.82, 2.24) is 40.0 Å². The fourth-order valence-corrected chi connectivity index (χ4v) is 5.40. The number of carbonyl (C=O) groups excluding carboxylic acids is 2. The molecule has 0 aromatic carbocycles. The number of imidazole rings is 1. The molecule has 210 valence electrons. The molecule has 2 N–H and O–H groups in total. The number of hydrogen-bond acceptors (Lipinski definition) is 6. The molecule has 0 unspecified atom stereocenters. The van der Waals surface area contributed by atoms with E-state index < -0.39 is 60.7 Å². The normalized spacial score (nSPS) is 24.4. The number of nitrogens with one attached hydrogen (secondary N) is 2. The number of amides is 2. The summed E-state index contributed by atoms with van der Waals surface area (Å²) in [6.45, 7) is -0.458. The molecule has 15 heteroatoms. The predicted octanol–water partition coefficient (Wildman–Crippen LogP) is 3.01. The van der Waals surface area contributed by atoms with E-state index in [4.69, 9.17) is 0 Å². The van der Waals surface area contributed by atoms with E-state index in [0.29, 0.717) is 6.42 Å². The van der Waals surface area contributed by atoms with Crippen LogP contribution in [0.4, 0.5) is 22.0 Å². The molecular formula is C24H27F5N8O2. The van der Waals surface area contributed by atoms with Crippen molar-refractivity contribution in [2.24, 2.45) is 24.8 Å². The quantitative estimate of drug-likeness (QED) is 0.453. The maximum absolute atomic E-state index is 14.3. The molecular weight excluding hydrogens is 527 g/mol. The van der Waals surface area contributed by atoms with Crippen LogP contribution in [0.5, 0.6) is 0 Å². The Morgan fingerprint density at radius 3 is 2.82 bits per heavy atom. The standard InChI is InChI=1S/C24H27F5N8O2/c1-36-18(4-6-32-36)21(39)34-19(13-3-2-5-23(25,26)9-13)17-12-37-22(33-17)31-11-16(35-37)8-14-7-15(24(27,28)29)10-30-20(14)38/h4,6,11-15,19H,2-3,5,7-10H2,1H3,(H,30,38)(H,34,39)/t13-,14+,15+,19-/m0/s1. The molecule has 0 spiro atoms. The SMILES string of the molecule is Cn1nccc1C(=O)N[C@H](c1cn2nc(C[C@H]3C[C@@H](C(F)(F)F)CNC3=O)cnc2n1)[C@H]1CCCC(F)(F)C1. The van der Waals surface area contributed by atoms with Crippen LogP contribution in [0.2, 0.25) is 0 Å². The van der Waals surface area contributed by atoms with Crippen molar-refractivity contribution in [2.45, 2.75) is 56.7 Å². The predicted molar refractivity (Wildman–Crippen MR) is 125 cm³/mol. The van der Waals surface area contributed by atoms with E-state index in [2.05, 4.69) is 30.8 Å². The maximum atomic E-state index is 14.3. The first-order valence-electron chi connectivity index (χ1n) is 12.6. The van der Waals surface area contributed by atoms with Crippen LogP contribution < -0.4 is 10.6 Å². The topological polar surface area (TPSA) is 119 Å². The van der Waals surface area contributed by atoms with Gasteiger partial charge in [-0.2, -0.15) is 23.4 Å². The Morgan fingerprint density at radius 1 is 1.33 bits per heavy atom. The molecule has 5 rings (SSSR count). The summed E-state index contributed by atoms with van der Waals surface area (Å²) in [5, 5.41) is 13.5. The first kappa shape index (κ1) is 26.9. The summed E-state index contributed by atoms with van der Waals surface area (Å²) in [4.78, 5) is 33.9. The van der Waals surface area contributed by atoms with Crippen molar-refractivity contribution in [1.29, 1.82) is 0 Å². The summed E-state index contributed by atoms with van der Waals surface area (Å²) in [6.07, 6.45) is -0.537. The zero-order chi connectivity index (χ0) is 27.9. The van der Waals surface area contributed by atoms with Crippen LogP contribution in [0.15, 0.2) is 24.7 Å². The molecule has 2 fully saturated rings. The second-order valence-electron chi connectivity index (χ2n) is 10.3. The Labute approximate surface area is 219 Å². The van der Waals surface area contributed by atoms with Crippen LogP contribution >= 0.6 is 0 Å². The summed E-state index contributed by atoms with van der Waals surface area (Å²) >= 11 is 0. The van der Waals surface area contributed by atoms with Crippen molar-refractivity contribution < 1.29 is 31.5 Å². The molecule has 1 aliphatic carbocycles. The van der Waals surface area contributed by atoms with Gasteiger partial charge >= 0.3 is 6.18 Å². The number of fused-ring (bicyclic) bond motifs is 1. The Morgan fingerprint density at radius 2 is 2.13 bits per heavy atom. The molecule has 39 heavy (non-hydrogen) atoms. The molecule has 1 saturated heterocycles. The van der Waals surface area contributed by atoms with Crippen LogP contribution in [0.3, 0.4) is 0 Å². The third kappa shape index (κ3) is 5.86. The number of carbonyl (C=O) groups is 2. The Hall–Kier alpha value is -3.65. The van der Waals surface area contributed by atoms with Gasteiger partial charge in [-0.1, -0.05) is 0 Å². The molecule has 4 heterocycles. The van der Waals surface area contributed by atoms with E-state index in [0.717, 1.165) is 0 Å². The first-order chi connectivity index (χ1) is 18.4. The van der Waals surface area contributed by atoms with Crippen LogP contribution in [0.25, 0.3) is 5.78 Å². The van der Waals surface area contributed by atoms with Gasteiger partial charge in [0.05, 0.1) is 35.7 Å². The second kappa shape index (κ2) is 10.2. The number of nitrogens with zero attached hydrogens (tertiary/aromatic N) is 6. The highest BCUT2D eigenvalue weighted by Gasteiger charge is 2.45. The number of hydrogen-bond donors (Lipinski definition) is 2. The third-order valence-corrected chi connectivity index (χ3v) is 7.44. The van der Waals surface area contributed by atoms with Crippen molar-refractivity contribution in [2.75, 3.05) is 6.54 Å². The van der Waals surface area contributed by atoms with Crippen molar-refractivity contribution in [3.8, 4) is 0 Å². The lowest BCUT2D eigenvalue weighted by Gasteiger charge is -2.34. The smallest absolute Gasteiger partial charge is 0.355 e. The average Bonchev–Trinajstić information content (AvgIpc) is 3.48. The van der Waals surface area contributed by atoms with E-state index in [1.807, 2.05) is 0 Å². The number of piperidine rings is 1.